The zero-order valence-corrected chi connectivity index (χ0v) is 9.56. The topological polar surface area (TPSA) is 12.0 Å². The lowest BCUT2D eigenvalue weighted by Crippen LogP contribution is -2.32. The first kappa shape index (κ1) is 12.0. The van der Waals surface area contributed by atoms with Crippen molar-refractivity contribution in [3.05, 3.63) is 0 Å². The summed E-state index contributed by atoms with van der Waals surface area (Å²) in [6, 6.07) is 0. The van der Waals surface area contributed by atoms with Crippen LogP contribution >= 0.6 is 0 Å². The van der Waals surface area contributed by atoms with E-state index < -0.39 is 6.17 Å². The summed E-state index contributed by atoms with van der Waals surface area (Å²) in [4.78, 5) is 0. The molecule has 0 spiro atoms. The zero-order chi connectivity index (χ0) is 10.4. The molecule has 1 N–H and O–H groups in total. The second-order valence-electron chi connectivity index (χ2n) is 4.93. The van der Waals surface area contributed by atoms with Crippen LogP contribution in [0, 0.1) is 11.8 Å². The lowest BCUT2D eigenvalue weighted by Gasteiger charge is -2.25. The number of rotatable bonds is 5. The Morgan fingerprint density at radius 1 is 1.21 bits per heavy atom. The van der Waals surface area contributed by atoms with E-state index in [-0.39, 0.29) is 0 Å². The Kier molecular flexibility index (Phi) is 5.46. The van der Waals surface area contributed by atoms with Gasteiger partial charge in [-0.2, -0.15) is 0 Å². The Bertz CT molecular complexity index is 141. The molecule has 1 saturated heterocycles. The van der Waals surface area contributed by atoms with E-state index in [0.29, 0.717) is 5.92 Å². The highest BCUT2D eigenvalue weighted by atomic mass is 19.1. The average molecular weight is 201 g/mol. The number of piperidine rings is 1. The van der Waals surface area contributed by atoms with Crippen molar-refractivity contribution in [2.45, 2.75) is 52.1 Å². The highest BCUT2D eigenvalue weighted by Gasteiger charge is 2.22. The van der Waals surface area contributed by atoms with Crippen LogP contribution in [0.15, 0.2) is 0 Å². The number of nitrogens with one attached hydrogen (secondary N) is 1. The molecule has 0 aromatic rings. The van der Waals surface area contributed by atoms with Crippen LogP contribution in [0.1, 0.15) is 46.0 Å². The van der Waals surface area contributed by atoms with Gasteiger partial charge in [0.15, 0.2) is 0 Å². The molecule has 1 unspecified atom stereocenters. The molecule has 84 valence electrons. The first-order valence-corrected chi connectivity index (χ1v) is 6.05. The highest BCUT2D eigenvalue weighted by molar-refractivity contribution is 4.75. The second-order valence-corrected chi connectivity index (χ2v) is 4.93. The molecule has 0 radical (unpaired) electrons. The smallest absolute Gasteiger partial charge is 0.103 e. The summed E-state index contributed by atoms with van der Waals surface area (Å²) in [5.41, 5.74) is 0. The maximum Gasteiger partial charge on any atom is 0.103 e. The quantitative estimate of drug-likeness (QED) is 0.720. The van der Waals surface area contributed by atoms with E-state index in [4.69, 9.17) is 0 Å². The predicted molar refractivity (Wildman–Crippen MR) is 59.2 cm³/mol. The van der Waals surface area contributed by atoms with E-state index in [1.165, 1.54) is 6.42 Å². The van der Waals surface area contributed by atoms with Crippen molar-refractivity contribution in [3.8, 4) is 0 Å². The SMILES string of the molecule is CC(C)CCCC(F)C1CCNCC1. The Hall–Kier alpha value is -0.110. The van der Waals surface area contributed by atoms with Gasteiger partial charge in [0.2, 0.25) is 0 Å². The predicted octanol–water partition coefficient (Wildman–Crippen LogP) is 3.15. The molecular formula is C12H24FN. The third-order valence-electron chi connectivity index (χ3n) is 3.16. The van der Waals surface area contributed by atoms with Gasteiger partial charge in [-0.3, -0.25) is 0 Å². The van der Waals surface area contributed by atoms with Crippen molar-refractivity contribution in [3.63, 3.8) is 0 Å². The lowest BCUT2D eigenvalue weighted by molar-refractivity contribution is 0.172. The van der Waals surface area contributed by atoms with Crippen LogP contribution in [0.5, 0.6) is 0 Å². The van der Waals surface area contributed by atoms with Gasteiger partial charge in [-0.05, 0) is 44.2 Å². The first-order chi connectivity index (χ1) is 6.70. The van der Waals surface area contributed by atoms with Crippen molar-refractivity contribution in [2.24, 2.45) is 11.8 Å². The summed E-state index contributed by atoms with van der Waals surface area (Å²) >= 11 is 0. The average Bonchev–Trinajstić information content (AvgIpc) is 2.18. The molecule has 1 heterocycles. The summed E-state index contributed by atoms with van der Waals surface area (Å²) in [5.74, 6) is 1.05. The van der Waals surface area contributed by atoms with Gasteiger partial charge >= 0.3 is 0 Å². The fourth-order valence-electron chi connectivity index (χ4n) is 2.16. The van der Waals surface area contributed by atoms with Gasteiger partial charge in [0.25, 0.3) is 0 Å². The maximum atomic E-state index is 13.7. The number of hydrogen-bond donors (Lipinski definition) is 1. The van der Waals surface area contributed by atoms with Crippen LogP contribution in [0.25, 0.3) is 0 Å². The molecule has 1 aliphatic heterocycles. The summed E-state index contributed by atoms with van der Waals surface area (Å²) in [5, 5.41) is 3.28. The molecule has 0 amide bonds. The summed E-state index contributed by atoms with van der Waals surface area (Å²) in [7, 11) is 0. The molecule has 1 nitrogen and oxygen atoms in total. The van der Waals surface area contributed by atoms with Crippen molar-refractivity contribution >= 4 is 0 Å². The van der Waals surface area contributed by atoms with E-state index in [1.807, 2.05) is 0 Å². The first-order valence-electron chi connectivity index (χ1n) is 6.05. The fourth-order valence-corrected chi connectivity index (χ4v) is 2.16. The largest absolute Gasteiger partial charge is 0.317 e. The number of hydrogen-bond acceptors (Lipinski definition) is 1. The van der Waals surface area contributed by atoms with Crippen molar-refractivity contribution in [1.82, 2.24) is 5.32 Å². The molecule has 0 aromatic carbocycles. The number of halogens is 1. The molecule has 0 saturated carbocycles. The minimum atomic E-state index is -0.546. The Morgan fingerprint density at radius 3 is 2.43 bits per heavy atom. The van der Waals surface area contributed by atoms with E-state index in [1.54, 1.807) is 0 Å². The van der Waals surface area contributed by atoms with Gasteiger partial charge in [-0.15, -0.1) is 0 Å². The van der Waals surface area contributed by atoms with Gasteiger partial charge in [0, 0.05) is 0 Å². The van der Waals surface area contributed by atoms with Crippen LogP contribution in [0.2, 0.25) is 0 Å². The lowest BCUT2D eigenvalue weighted by atomic mass is 9.90. The highest BCUT2D eigenvalue weighted by Crippen LogP contribution is 2.23. The fraction of sp³-hybridized carbons (Fsp3) is 1.00. The van der Waals surface area contributed by atoms with Crippen molar-refractivity contribution < 1.29 is 4.39 Å². The third-order valence-corrected chi connectivity index (χ3v) is 3.16. The van der Waals surface area contributed by atoms with Gasteiger partial charge in [0.05, 0.1) is 0 Å². The Morgan fingerprint density at radius 2 is 1.86 bits per heavy atom. The van der Waals surface area contributed by atoms with Gasteiger partial charge < -0.3 is 5.32 Å². The summed E-state index contributed by atoms with van der Waals surface area (Å²) in [6.07, 6.45) is 4.53. The molecular weight excluding hydrogens is 177 g/mol. The van der Waals surface area contributed by atoms with E-state index >= 15 is 0 Å². The second kappa shape index (κ2) is 6.39. The summed E-state index contributed by atoms with van der Waals surface area (Å²) in [6.45, 7) is 6.43. The minimum absolute atomic E-state index is 0.336. The van der Waals surface area contributed by atoms with E-state index in [2.05, 4.69) is 19.2 Å². The van der Waals surface area contributed by atoms with Crippen LogP contribution in [-0.2, 0) is 0 Å². The van der Waals surface area contributed by atoms with Crippen LogP contribution in [-0.4, -0.2) is 19.3 Å². The number of alkyl halides is 1. The summed E-state index contributed by atoms with van der Waals surface area (Å²) < 4.78 is 13.7. The van der Waals surface area contributed by atoms with E-state index in [0.717, 1.165) is 44.7 Å². The van der Waals surface area contributed by atoms with Gasteiger partial charge in [0.1, 0.15) is 6.17 Å². The molecule has 0 aliphatic carbocycles. The normalized spacial score (nSPS) is 21.4. The van der Waals surface area contributed by atoms with Crippen molar-refractivity contribution in [2.75, 3.05) is 13.1 Å². The third kappa shape index (κ3) is 4.41. The van der Waals surface area contributed by atoms with Crippen molar-refractivity contribution in [1.29, 1.82) is 0 Å². The maximum absolute atomic E-state index is 13.7. The Balaban J connectivity index is 2.10. The molecule has 1 rings (SSSR count). The molecule has 2 heteroatoms. The van der Waals surface area contributed by atoms with Crippen LogP contribution in [0.3, 0.4) is 0 Å². The monoisotopic (exact) mass is 201 g/mol. The zero-order valence-electron chi connectivity index (χ0n) is 9.56. The molecule has 14 heavy (non-hydrogen) atoms. The molecule has 1 aliphatic rings. The van der Waals surface area contributed by atoms with Gasteiger partial charge in [-0.25, -0.2) is 4.39 Å². The van der Waals surface area contributed by atoms with Crippen LogP contribution in [0.4, 0.5) is 4.39 Å². The molecule has 0 aromatic heterocycles. The van der Waals surface area contributed by atoms with Crippen LogP contribution < -0.4 is 5.32 Å². The van der Waals surface area contributed by atoms with Gasteiger partial charge in [-0.1, -0.05) is 26.7 Å². The van der Waals surface area contributed by atoms with E-state index in [9.17, 15) is 4.39 Å². The molecule has 1 atom stereocenters. The minimum Gasteiger partial charge on any atom is -0.317 e. The molecule has 0 bridgehead atoms. The molecule has 1 fully saturated rings. The standard InChI is InChI=1S/C12H24FN/c1-10(2)4-3-5-12(13)11-6-8-14-9-7-11/h10-12,14H,3-9H2,1-2H3. The Labute approximate surface area is 87.5 Å².